The molecule has 4 nitrogen and oxygen atoms in total. The van der Waals surface area contributed by atoms with Gasteiger partial charge in [0.15, 0.2) is 0 Å². The van der Waals surface area contributed by atoms with Crippen LogP contribution in [0.25, 0.3) is 21.3 Å². The number of quaternary nitrogens is 1. The van der Waals surface area contributed by atoms with Gasteiger partial charge in [-0.3, -0.25) is 0 Å². The van der Waals surface area contributed by atoms with Gasteiger partial charge in [0.05, 0.1) is 38.1 Å². The number of piperazine rings is 1. The maximum absolute atomic E-state index is 6.06. The SMILES string of the molecule is C=C(C)C[NH+]1CCN(c2ncnc3scc(-c4ccc(Cl)cc4)c23)CC1. The molecule has 1 aromatic carbocycles. The zero-order chi connectivity index (χ0) is 18.1. The van der Waals surface area contributed by atoms with Crippen LogP contribution in [0.3, 0.4) is 0 Å². The Labute approximate surface area is 162 Å². The van der Waals surface area contributed by atoms with E-state index in [0.717, 1.165) is 59.3 Å². The van der Waals surface area contributed by atoms with Crippen LogP contribution in [0.15, 0.2) is 48.1 Å². The molecule has 1 saturated heterocycles. The van der Waals surface area contributed by atoms with Crippen molar-refractivity contribution in [1.29, 1.82) is 0 Å². The number of nitrogens with zero attached hydrogens (tertiary/aromatic N) is 3. The van der Waals surface area contributed by atoms with Gasteiger partial charge in [-0.1, -0.05) is 30.3 Å². The number of thiophene rings is 1. The van der Waals surface area contributed by atoms with Crippen molar-refractivity contribution in [3.05, 3.63) is 53.1 Å². The standard InChI is InChI=1S/C20H21ClN4S/c1-14(2)11-24-7-9-25(10-8-24)19-18-17(12-26-20(18)23-13-22-19)15-3-5-16(21)6-4-15/h3-6,12-13H,1,7-11H2,2H3/p+1. The summed E-state index contributed by atoms with van der Waals surface area (Å²) in [5, 5.41) is 4.08. The zero-order valence-electron chi connectivity index (χ0n) is 14.8. The molecule has 1 fully saturated rings. The van der Waals surface area contributed by atoms with Gasteiger partial charge in [-0.25, -0.2) is 9.97 Å². The molecule has 6 heteroatoms. The van der Waals surface area contributed by atoms with E-state index in [1.165, 1.54) is 11.1 Å². The van der Waals surface area contributed by atoms with E-state index in [4.69, 9.17) is 11.6 Å². The van der Waals surface area contributed by atoms with Gasteiger partial charge in [-0.15, -0.1) is 11.3 Å². The molecule has 0 aliphatic carbocycles. The van der Waals surface area contributed by atoms with E-state index in [1.807, 2.05) is 12.1 Å². The van der Waals surface area contributed by atoms with Crippen LogP contribution in [0.2, 0.25) is 5.02 Å². The number of anilines is 1. The van der Waals surface area contributed by atoms with E-state index in [2.05, 4.69) is 45.9 Å². The number of halogens is 1. The van der Waals surface area contributed by atoms with Crippen LogP contribution in [-0.4, -0.2) is 42.7 Å². The van der Waals surface area contributed by atoms with E-state index in [1.54, 1.807) is 22.6 Å². The first kappa shape index (κ1) is 17.5. The highest BCUT2D eigenvalue weighted by atomic mass is 35.5. The molecule has 0 unspecified atom stereocenters. The second-order valence-electron chi connectivity index (χ2n) is 6.90. The maximum atomic E-state index is 6.06. The Balaban J connectivity index is 1.67. The lowest BCUT2D eigenvalue weighted by molar-refractivity contribution is -0.895. The van der Waals surface area contributed by atoms with Gasteiger partial charge >= 0.3 is 0 Å². The lowest BCUT2D eigenvalue weighted by Crippen LogP contribution is -3.15. The maximum Gasteiger partial charge on any atom is 0.141 e. The number of nitrogens with one attached hydrogen (secondary N) is 1. The highest BCUT2D eigenvalue weighted by molar-refractivity contribution is 7.17. The minimum atomic E-state index is 0.751. The summed E-state index contributed by atoms with van der Waals surface area (Å²) < 4.78 is 0. The largest absolute Gasteiger partial charge is 0.345 e. The molecule has 1 aliphatic heterocycles. The van der Waals surface area contributed by atoms with Crippen LogP contribution in [0.1, 0.15) is 6.92 Å². The average Bonchev–Trinajstić information content (AvgIpc) is 3.07. The van der Waals surface area contributed by atoms with Gasteiger partial charge < -0.3 is 9.80 Å². The van der Waals surface area contributed by atoms with Crippen molar-refractivity contribution in [3.63, 3.8) is 0 Å². The fraction of sp³-hybridized carbons (Fsp3) is 0.300. The molecule has 3 aromatic rings. The monoisotopic (exact) mass is 385 g/mol. The summed E-state index contributed by atoms with van der Waals surface area (Å²) in [5.74, 6) is 1.05. The third kappa shape index (κ3) is 3.47. The summed E-state index contributed by atoms with van der Waals surface area (Å²) in [4.78, 5) is 14.2. The summed E-state index contributed by atoms with van der Waals surface area (Å²) in [6.07, 6.45) is 1.69. The first-order valence-electron chi connectivity index (χ1n) is 8.83. The first-order valence-corrected chi connectivity index (χ1v) is 10.1. The van der Waals surface area contributed by atoms with Gasteiger partial charge in [0, 0.05) is 16.0 Å². The van der Waals surface area contributed by atoms with Crippen LogP contribution in [-0.2, 0) is 0 Å². The summed E-state index contributed by atoms with van der Waals surface area (Å²) in [6.45, 7) is 11.4. The van der Waals surface area contributed by atoms with Crippen molar-refractivity contribution < 1.29 is 4.90 Å². The Morgan fingerprint density at radius 2 is 1.96 bits per heavy atom. The lowest BCUT2D eigenvalue weighted by atomic mass is 10.1. The second-order valence-corrected chi connectivity index (χ2v) is 8.20. The van der Waals surface area contributed by atoms with Gasteiger partial charge in [0.2, 0.25) is 0 Å². The fourth-order valence-corrected chi connectivity index (χ4v) is 4.62. The van der Waals surface area contributed by atoms with Gasteiger partial charge in [0.1, 0.15) is 17.0 Å². The van der Waals surface area contributed by atoms with Gasteiger partial charge in [-0.2, -0.15) is 0 Å². The molecular weight excluding hydrogens is 364 g/mol. The molecule has 1 N–H and O–H groups in total. The number of hydrogen-bond acceptors (Lipinski definition) is 4. The summed E-state index contributed by atoms with van der Waals surface area (Å²) in [7, 11) is 0. The molecule has 0 amide bonds. The summed E-state index contributed by atoms with van der Waals surface area (Å²) in [5.41, 5.74) is 3.60. The normalized spacial score (nSPS) is 15.5. The minimum Gasteiger partial charge on any atom is -0.345 e. The smallest absolute Gasteiger partial charge is 0.141 e. The highest BCUT2D eigenvalue weighted by Crippen LogP contribution is 2.38. The number of rotatable bonds is 4. The lowest BCUT2D eigenvalue weighted by Gasteiger charge is -2.33. The van der Waals surface area contributed by atoms with Crippen LogP contribution in [0, 0.1) is 0 Å². The van der Waals surface area contributed by atoms with E-state index in [-0.39, 0.29) is 0 Å². The third-order valence-corrected chi connectivity index (χ3v) is 5.97. The van der Waals surface area contributed by atoms with Gasteiger partial charge in [-0.05, 0) is 30.2 Å². The Kier molecular flexibility index (Phi) is 4.94. The molecule has 2 aromatic heterocycles. The topological polar surface area (TPSA) is 33.5 Å². The Morgan fingerprint density at radius 1 is 1.23 bits per heavy atom. The molecule has 0 radical (unpaired) electrons. The Hall–Kier alpha value is -1.95. The molecule has 26 heavy (non-hydrogen) atoms. The van der Waals surface area contributed by atoms with E-state index >= 15 is 0 Å². The first-order chi connectivity index (χ1) is 12.6. The van der Waals surface area contributed by atoms with Crippen LogP contribution < -0.4 is 9.80 Å². The minimum absolute atomic E-state index is 0.751. The number of hydrogen-bond donors (Lipinski definition) is 1. The van der Waals surface area contributed by atoms with Crippen molar-refractivity contribution in [2.45, 2.75) is 6.92 Å². The molecular formula is C20H22ClN4S+. The van der Waals surface area contributed by atoms with E-state index in [9.17, 15) is 0 Å². The average molecular weight is 386 g/mol. The fourth-order valence-electron chi connectivity index (χ4n) is 3.58. The Morgan fingerprint density at radius 3 is 2.65 bits per heavy atom. The third-order valence-electron chi connectivity index (χ3n) is 4.83. The predicted octanol–water partition coefficient (Wildman–Crippen LogP) is 3.29. The van der Waals surface area contributed by atoms with Crippen LogP contribution >= 0.6 is 22.9 Å². The quantitative estimate of drug-likeness (QED) is 0.699. The molecule has 3 heterocycles. The van der Waals surface area contributed by atoms with Crippen molar-refractivity contribution in [1.82, 2.24) is 9.97 Å². The van der Waals surface area contributed by atoms with Crippen LogP contribution in [0.4, 0.5) is 5.82 Å². The molecule has 134 valence electrons. The van der Waals surface area contributed by atoms with Gasteiger partial charge in [0.25, 0.3) is 0 Å². The summed E-state index contributed by atoms with van der Waals surface area (Å²) in [6, 6.07) is 8.00. The van der Waals surface area contributed by atoms with E-state index < -0.39 is 0 Å². The molecule has 0 atom stereocenters. The molecule has 0 spiro atoms. The zero-order valence-corrected chi connectivity index (χ0v) is 16.4. The van der Waals surface area contributed by atoms with Crippen molar-refractivity contribution in [2.24, 2.45) is 0 Å². The molecule has 1 aliphatic rings. The highest BCUT2D eigenvalue weighted by Gasteiger charge is 2.24. The van der Waals surface area contributed by atoms with Crippen molar-refractivity contribution in [3.8, 4) is 11.1 Å². The van der Waals surface area contributed by atoms with E-state index in [0.29, 0.717) is 0 Å². The van der Waals surface area contributed by atoms with Crippen LogP contribution in [0.5, 0.6) is 0 Å². The molecule has 4 rings (SSSR count). The number of aromatic nitrogens is 2. The Bertz CT molecular complexity index is 927. The summed E-state index contributed by atoms with van der Waals surface area (Å²) >= 11 is 7.73. The van der Waals surface area contributed by atoms with Crippen molar-refractivity contribution in [2.75, 3.05) is 37.6 Å². The number of benzene rings is 1. The van der Waals surface area contributed by atoms with Crippen molar-refractivity contribution >= 4 is 39.0 Å². The second kappa shape index (κ2) is 7.35. The molecule has 0 bridgehead atoms. The molecule has 0 saturated carbocycles. The predicted molar refractivity (Wildman–Crippen MR) is 110 cm³/mol. The number of fused-ring (bicyclic) bond motifs is 1.